The Labute approximate surface area is 193 Å². The highest BCUT2D eigenvalue weighted by Gasteiger charge is 2.11. The minimum absolute atomic E-state index is 0.0369. The molecule has 0 heterocycles. The highest BCUT2D eigenvalue weighted by Crippen LogP contribution is 1.94. The number of rotatable bonds is 24. The SMILES string of the molecule is CC(C)NCCOCCOCCOCCOCCOCCOCC(F)CNC(=O)C(C)C. The number of ether oxygens (including phenoxy) is 6. The minimum atomic E-state index is -1.23. The molecule has 0 saturated carbocycles. The quantitative estimate of drug-likeness (QED) is 0.204. The van der Waals surface area contributed by atoms with E-state index in [0.29, 0.717) is 78.7 Å². The van der Waals surface area contributed by atoms with Crippen LogP contribution in [0.5, 0.6) is 0 Å². The monoisotopic (exact) mass is 468 g/mol. The third-order valence-corrected chi connectivity index (χ3v) is 3.98. The van der Waals surface area contributed by atoms with Gasteiger partial charge < -0.3 is 39.1 Å². The molecule has 0 aromatic heterocycles. The number of alkyl halides is 1. The van der Waals surface area contributed by atoms with Gasteiger partial charge in [-0.1, -0.05) is 27.7 Å². The summed E-state index contributed by atoms with van der Waals surface area (Å²) in [6.45, 7) is 13.9. The van der Waals surface area contributed by atoms with Crippen molar-refractivity contribution in [2.75, 3.05) is 92.4 Å². The van der Waals surface area contributed by atoms with Crippen LogP contribution < -0.4 is 10.6 Å². The van der Waals surface area contributed by atoms with E-state index in [1.807, 2.05) is 0 Å². The molecule has 9 nitrogen and oxygen atoms in total. The molecule has 0 spiro atoms. The number of carbonyl (C=O) groups excluding carboxylic acids is 1. The highest BCUT2D eigenvalue weighted by atomic mass is 19.1. The van der Waals surface area contributed by atoms with Gasteiger partial charge >= 0.3 is 0 Å². The van der Waals surface area contributed by atoms with Crippen LogP contribution in [0, 0.1) is 5.92 Å². The van der Waals surface area contributed by atoms with Crippen LogP contribution in [0.2, 0.25) is 0 Å². The summed E-state index contributed by atoms with van der Waals surface area (Å²) in [6.07, 6.45) is -1.23. The fourth-order valence-corrected chi connectivity index (χ4v) is 2.20. The van der Waals surface area contributed by atoms with E-state index in [1.54, 1.807) is 13.8 Å². The molecule has 1 unspecified atom stereocenters. The lowest BCUT2D eigenvalue weighted by Gasteiger charge is -2.12. The van der Waals surface area contributed by atoms with Gasteiger partial charge in [-0.2, -0.15) is 0 Å². The van der Waals surface area contributed by atoms with E-state index in [2.05, 4.69) is 24.5 Å². The molecule has 0 radical (unpaired) electrons. The van der Waals surface area contributed by atoms with E-state index < -0.39 is 6.17 Å². The summed E-state index contributed by atoms with van der Waals surface area (Å²) in [5.74, 6) is -0.321. The van der Waals surface area contributed by atoms with E-state index in [1.165, 1.54) is 0 Å². The van der Waals surface area contributed by atoms with Crippen molar-refractivity contribution in [3.63, 3.8) is 0 Å². The summed E-state index contributed by atoms with van der Waals surface area (Å²) in [7, 11) is 0. The van der Waals surface area contributed by atoms with Gasteiger partial charge in [-0.15, -0.1) is 0 Å². The van der Waals surface area contributed by atoms with Gasteiger partial charge in [0, 0.05) is 18.5 Å². The molecule has 10 heteroatoms. The Bertz CT molecular complexity index is 418. The van der Waals surface area contributed by atoms with Gasteiger partial charge in [-0.05, 0) is 0 Å². The van der Waals surface area contributed by atoms with Gasteiger partial charge in [0.1, 0.15) is 6.17 Å². The second-order valence-corrected chi connectivity index (χ2v) is 7.74. The molecule has 0 aromatic rings. The molecule has 0 aromatic carbocycles. The molecule has 0 bridgehead atoms. The summed E-state index contributed by atoms with van der Waals surface area (Å²) in [6, 6.07) is 0.475. The van der Waals surface area contributed by atoms with Crippen LogP contribution in [-0.2, 0) is 33.2 Å². The van der Waals surface area contributed by atoms with E-state index in [9.17, 15) is 9.18 Å². The average molecular weight is 469 g/mol. The molecule has 192 valence electrons. The van der Waals surface area contributed by atoms with Gasteiger partial charge in [-0.25, -0.2) is 4.39 Å². The fraction of sp³-hybridized carbons (Fsp3) is 0.955. The first-order valence-electron chi connectivity index (χ1n) is 11.5. The zero-order chi connectivity index (χ0) is 23.9. The van der Waals surface area contributed by atoms with Gasteiger partial charge in [0.15, 0.2) is 0 Å². The number of amides is 1. The molecule has 0 fully saturated rings. The number of nitrogens with one attached hydrogen (secondary N) is 2. The van der Waals surface area contributed by atoms with Gasteiger partial charge in [-0.3, -0.25) is 4.79 Å². The Morgan fingerprint density at radius 3 is 1.50 bits per heavy atom. The van der Waals surface area contributed by atoms with Crippen LogP contribution in [0.3, 0.4) is 0 Å². The molecule has 0 rings (SSSR count). The molecular formula is C22H45FN2O7. The van der Waals surface area contributed by atoms with Crippen molar-refractivity contribution in [2.24, 2.45) is 5.92 Å². The van der Waals surface area contributed by atoms with Crippen molar-refractivity contribution in [1.82, 2.24) is 10.6 Å². The second-order valence-electron chi connectivity index (χ2n) is 7.74. The van der Waals surface area contributed by atoms with Crippen molar-refractivity contribution in [3.05, 3.63) is 0 Å². The number of halogens is 1. The van der Waals surface area contributed by atoms with Gasteiger partial charge in [0.25, 0.3) is 0 Å². The number of hydrogen-bond acceptors (Lipinski definition) is 8. The standard InChI is InChI=1S/C22H45FN2O7/c1-19(2)22(26)25-17-21(23)18-32-16-15-31-14-13-30-12-11-29-10-9-28-8-7-27-6-5-24-20(3)4/h19-21,24H,5-18H2,1-4H3,(H,25,26). The first kappa shape index (κ1) is 31.1. The molecular weight excluding hydrogens is 423 g/mol. The third-order valence-electron chi connectivity index (χ3n) is 3.98. The second kappa shape index (κ2) is 23.3. The first-order chi connectivity index (χ1) is 15.4. The topological polar surface area (TPSA) is 96.5 Å². The Kier molecular flexibility index (Phi) is 22.6. The lowest BCUT2D eigenvalue weighted by Crippen LogP contribution is -2.35. The van der Waals surface area contributed by atoms with E-state index in [4.69, 9.17) is 28.4 Å². The average Bonchev–Trinajstić information content (AvgIpc) is 2.75. The van der Waals surface area contributed by atoms with Crippen molar-refractivity contribution in [3.8, 4) is 0 Å². The Morgan fingerprint density at radius 1 is 0.688 bits per heavy atom. The largest absolute Gasteiger partial charge is 0.378 e. The lowest BCUT2D eigenvalue weighted by molar-refractivity contribution is -0.124. The van der Waals surface area contributed by atoms with Crippen LogP contribution in [0.25, 0.3) is 0 Å². The predicted molar refractivity (Wildman–Crippen MR) is 121 cm³/mol. The van der Waals surface area contributed by atoms with E-state index in [0.717, 1.165) is 6.54 Å². The highest BCUT2D eigenvalue weighted by molar-refractivity contribution is 5.77. The Balaban J connectivity index is 3.15. The first-order valence-corrected chi connectivity index (χ1v) is 11.5. The van der Waals surface area contributed by atoms with Crippen LogP contribution in [0.1, 0.15) is 27.7 Å². The number of hydrogen-bond donors (Lipinski definition) is 2. The van der Waals surface area contributed by atoms with Gasteiger partial charge in [0.2, 0.25) is 5.91 Å². The van der Waals surface area contributed by atoms with Crippen LogP contribution >= 0.6 is 0 Å². The molecule has 0 aliphatic carbocycles. The van der Waals surface area contributed by atoms with Gasteiger partial charge in [0.05, 0.1) is 85.8 Å². The van der Waals surface area contributed by atoms with Crippen LogP contribution in [0.4, 0.5) is 4.39 Å². The summed E-state index contributed by atoms with van der Waals surface area (Å²) in [4.78, 5) is 11.3. The zero-order valence-electron chi connectivity index (χ0n) is 20.4. The molecule has 0 aliphatic rings. The molecule has 0 aliphatic heterocycles. The van der Waals surface area contributed by atoms with Crippen molar-refractivity contribution in [1.29, 1.82) is 0 Å². The molecule has 1 amide bonds. The minimum Gasteiger partial charge on any atom is -0.378 e. The summed E-state index contributed by atoms with van der Waals surface area (Å²) in [5, 5.41) is 5.81. The van der Waals surface area contributed by atoms with E-state index >= 15 is 0 Å². The summed E-state index contributed by atoms with van der Waals surface area (Å²) >= 11 is 0. The molecule has 32 heavy (non-hydrogen) atoms. The molecule has 2 N–H and O–H groups in total. The Hall–Kier alpha value is -0.880. The van der Waals surface area contributed by atoms with Crippen molar-refractivity contribution in [2.45, 2.75) is 39.9 Å². The molecule has 0 saturated heterocycles. The summed E-state index contributed by atoms with van der Waals surface area (Å²) in [5.41, 5.74) is 0. The van der Waals surface area contributed by atoms with E-state index in [-0.39, 0.29) is 25.0 Å². The van der Waals surface area contributed by atoms with Crippen LogP contribution in [0.15, 0.2) is 0 Å². The fourth-order valence-electron chi connectivity index (χ4n) is 2.20. The lowest BCUT2D eigenvalue weighted by atomic mass is 10.2. The predicted octanol–water partition coefficient (Wildman–Crippen LogP) is 1.19. The van der Waals surface area contributed by atoms with Crippen molar-refractivity contribution >= 4 is 5.91 Å². The molecule has 1 atom stereocenters. The maximum Gasteiger partial charge on any atom is 0.222 e. The third kappa shape index (κ3) is 23.8. The maximum absolute atomic E-state index is 13.5. The zero-order valence-corrected chi connectivity index (χ0v) is 20.4. The normalized spacial score (nSPS) is 12.6. The van der Waals surface area contributed by atoms with Crippen molar-refractivity contribution < 1.29 is 37.6 Å². The Morgan fingerprint density at radius 2 is 1.09 bits per heavy atom. The smallest absolute Gasteiger partial charge is 0.222 e. The summed E-state index contributed by atoms with van der Waals surface area (Å²) < 4.78 is 45.7. The van der Waals surface area contributed by atoms with Crippen LogP contribution in [-0.4, -0.2) is 110 Å². The number of carbonyl (C=O) groups is 1. The maximum atomic E-state index is 13.5.